The lowest BCUT2D eigenvalue weighted by molar-refractivity contribution is -0.133. The number of rotatable bonds is 7. The number of imidazole rings is 1. The van der Waals surface area contributed by atoms with Gasteiger partial charge < -0.3 is 14.4 Å². The van der Waals surface area contributed by atoms with Crippen LogP contribution in [-0.2, 0) is 16.1 Å². The highest BCUT2D eigenvalue weighted by atomic mass is 32.2. The summed E-state index contributed by atoms with van der Waals surface area (Å²) in [4.78, 5) is 14.5. The number of hydrogen-bond acceptors (Lipinski definition) is 4. The predicted octanol–water partition coefficient (Wildman–Crippen LogP) is 1.10. The third kappa shape index (κ3) is 4.35. The maximum atomic E-state index is 10.4. The van der Waals surface area contributed by atoms with Crippen LogP contribution in [0.25, 0.3) is 0 Å². The average molecular weight is 230 g/mol. The topological polar surface area (TPSA) is 64.4 Å². The Labute approximate surface area is 92.5 Å². The molecular formula is C9H14N2O3S. The molecule has 1 N–H and O–H groups in total. The van der Waals surface area contributed by atoms with E-state index in [2.05, 4.69) is 4.98 Å². The minimum Gasteiger partial charge on any atom is -0.481 e. The lowest BCUT2D eigenvalue weighted by Gasteiger charge is -2.05. The second-order valence-corrected chi connectivity index (χ2v) is 3.87. The zero-order valence-electron chi connectivity index (χ0n) is 8.55. The van der Waals surface area contributed by atoms with Gasteiger partial charge in [-0.15, -0.1) is 0 Å². The summed E-state index contributed by atoms with van der Waals surface area (Å²) in [6, 6.07) is 0. The van der Waals surface area contributed by atoms with Crippen molar-refractivity contribution in [3.8, 4) is 0 Å². The molecule has 0 unspecified atom stereocenters. The van der Waals surface area contributed by atoms with Crippen LogP contribution >= 0.6 is 11.8 Å². The third-order valence-corrected chi connectivity index (χ3v) is 2.74. The maximum Gasteiger partial charge on any atom is 0.313 e. The molecule has 0 saturated heterocycles. The van der Waals surface area contributed by atoms with Crippen molar-refractivity contribution < 1.29 is 14.6 Å². The number of methoxy groups -OCH3 is 1. The van der Waals surface area contributed by atoms with E-state index in [1.54, 1.807) is 13.3 Å². The Morgan fingerprint density at radius 2 is 2.53 bits per heavy atom. The normalized spacial score (nSPS) is 10.5. The van der Waals surface area contributed by atoms with Crippen LogP contribution in [-0.4, -0.2) is 40.1 Å². The van der Waals surface area contributed by atoms with Gasteiger partial charge in [-0.2, -0.15) is 0 Å². The van der Waals surface area contributed by atoms with E-state index in [4.69, 9.17) is 9.84 Å². The van der Waals surface area contributed by atoms with Gasteiger partial charge in [-0.25, -0.2) is 4.98 Å². The van der Waals surface area contributed by atoms with Crippen molar-refractivity contribution in [3.63, 3.8) is 0 Å². The number of aryl methyl sites for hydroxylation is 1. The SMILES string of the molecule is COCCCn1ccnc1SCC(=O)O. The van der Waals surface area contributed by atoms with Gasteiger partial charge in [0.1, 0.15) is 0 Å². The van der Waals surface area contributed by atoms with Gasteiger partial charge in [-0.3, -0.25) is 4.79 Å². The highest BCUT2D eigenvalue weighted by Crippen LogP contribution is 2.15. The number of nitrogens with zero attached hydrogens (tertiary/aromatic N) is 2. The summed E-state index contributed by atoms with van der Waals surface area (Å²) in [5.74, 6) is -0.784. The molecule has 0 radical (unpaired) electrons. The van der Waals surface area contributed by atoms with Crippen molar-refractivity contribution in [1.29, 1.82) is 0 Å². The molecule has 0 fully saturated rings. The number of carboxylic acid groups (broad SMARTS) is 1. The fourth-order valence-corrected chi connectivity index (χ4v) is 1.82. The van der Waals surface area contributed by atoms with E-state index in [-0.39, 0.29) is 5.75 Å². The minimum absolute atomic E-state index is 0.0429. The summed E-state index contributed by atoms with van der Waals surface area (Å²) in [5, 5.41) is 9.28. The molecule has 0 amide bonds. The fourth-order valence-electron chi connectivity index (χ4n) is 1.11. The lowest BCUT2D eigenvalue weighted by atomic mass is 10.4. The molecule has 0 aliphatic rings. The predicted molar refractivity (Wildman–Crippen MR) is 57.1 cm³/mol. The Kier molecular flexibility index (Phi) is 5.20. The smallest absolute Gasteiger partial charge is 0.313 e. The Morgan fingerprint density at radius 1 is 1.73 bits per heavy atom. The minimum atomic E-state index is -0.827. The summed E-state index contributed by atoms with van der Waals surface area (Å²) in [5.41, 5.74) is 0. The fraction of sp³-hybridized carbons (Fsp3) is 0.556. The molecule has 5 nitrogen and oxygen atoms in total. The quantitative estimate of drug-likeness (QED) is 0.561. The van der Waals surface area contributed by atoms with Crippen LogP contribution in [0.5, 0.6) is 0 Å². The number of ether oxygens (including phenoxy) is 1. The van der Waals surface area contributed by atoms with E-state index < -0.39 is 5.97 Å². The lowest BCUT2D eigenvalue weighted by Crippen LogP contribution is -2.04. The molecular weight excluding hydrogens is 216 g/mol. The van der Waals surface area contributed by atoms with Crippen molar-refractivity contribution in [2.24, 2.45) is 0 Å². The molecule has 0 aromatic carbocycles. The molecule has 0 spiro atoms. The van der Waals surface area contributed by atoms with Crippen molar-refractivity contribution in [2.45, 2.75) is 18.1 Å². The standard InChI is InChI=1S/C9H14N2O3S/c1-14-6-2-4-11-5-3-10-9(11)15-7-8(12)13/h3,5H,2,4,6-7H2,1H3,(H,12,13). The molecule has 1 heterocycles. The van der Waals surface area contributed by atoms with Crippen LogP contribution in [0, 0.1) is 0 Å². The van der Waals surface area contributed by atoms with Gasteiger partial charge in [0.2, 0.25) is 0 Å². The average Bonchev–Trinajstić information content (AvgIpc) is 2.63. The Balaban J connectivity index is 2.42. The van der Waals surface area contributed by atoms with Gasteiger partial charge in [0.15, 0.2) is 5.16 Å². The number of aromatic nitrogens is 2. The molecule has 0 aliphatic heterocycles. The number of thioether (sulfide) groups is 1. The van der Waals surface area contributed by atoms with Gasteiger partial charge >= 0.3 is 5.97 Å². The molecule has 0 aliphatic carbocycles. The van der Waals surface area contributed by atoms with E-state index in [1.807, 2.05) is 10.8 Å². The summed E-state index contributed by atoms with van der Waals surface area (Å²) < 4.78 is 6.88. The summed E-state index contributed by atoms with van der Waals surface area (Å²) >= 11 is 1.23. The molecule has 0 bridgehead atoms. The Hall–Kier alpha value is -1.01. The van der Waals surface area contributed by atoms with E-state index in [0.29, 0.717) is 6.61 Å². The van der Waals surface area contributed by atoms with Crippen LogP contribution in [0.2, 0.25) is 0 Å². The van der Waals surface area contributed by atoms with Gasteiger partial charge in [0, 0.05) is 32.7 Å². The second-order valence-electron chi connectivity index (χ2n) is 2.93. The highest BCUT2D eigenvalue weighted by Gasteiger charge is 2.05. The van der Waals surface area contributed by atoms with Crippen molar-refractivity contribution in [1.82, 2.24) is 9.55 Å². The monoisotopic (exact) mass is 230 g/mol. The summed E-state index contributed by atoms with van der Waals surface area (Å²) in [6.45, 7) is 1.50. The second kappa shape index (κ2) is 6.47. The maximum absolute atomic E-state index is 10.4. The van der Waals surface area contributed by atoms with E-state index >= 15 is 0 Å². The first-order valence-electron chi connectivity index (χ1n) is 4.58. The van der Waals surface area contributed by atoms with E-state index in [0.717, 1.165) is 18.1 Å². The number of aliphatic carboxylic acids is 1. The first-order valence-corrected chi connectivity index (χ1v) is 5.57. The van der Waals surface area contributed by atoms with Crippen molar-refractivity contribution in [3.05, 3.63) is 12.4 Å². The Bertz CT molecular complexity index is 314. The van der Waals surface area contributed by atoms with Crippen LogP contribution in [0.4, 0.5) is 0 Å². The number of carbonyl (C=O) groups is 1. The van der Waals surface area contributed by atoms with Gasteiger partial charge in [-0.1, -0.05) is 11.8 Å². The first-order chi connectivity index (χ1) is 7.24. The van der Waals surface area contributed by atoms with Crippen molar-refractivity contribution in [2.75, 3.05) is 19.5 Å². The summed E-state index contributed by atoms with van der Waals surface area (Å²) in [6.07, 6.45) is 4.42. The Morgan fingerprint density at radius 3 is 3.20 bits per heavy atom. The third-order valence-electron chi connectivity index (χ3n) is 1.75. The van der Waals surface area contributed by atoms with Crippen LogP contribution in [0.3, 0.4) is 0 Å². The molecule has 84 valence electrons. The van der Waals surface area contributed by atoms with Crippen LogP contribution in [0.1, 0.15) is 6.42 Å². The molecule has 1 rings (SSSR count). The zero-order valence-corrected chi connectivity index (χ0v) is 9.37. The van der Waals surface area contributed by atoms with Gasteiger partial charge in [-0.05, 0) is 6.42 Å². The molecule has 0 atom stereocenters. The van der Waals surface area contributed by atoms with E-state index in [9.17, 15) is 4.79 Å². The number of carboxylic acids is 1. The molecule has 6 heteroatoms. The van der Waals surface area contributed by atoms with Gasteiger partial charge in [0.05, 0.1) is 5.75 Å². The first kappa shape index (κ1) is 12.1. The molecule has 1 aromatic heterocycles. The van der Waals surface area contributed by atoms with Crippen LogP contribution in [0.15, 0.2) is 17.6 Å². The number of hydrogen-bond donors (Lipinski definition) is 1. The van der Waals surface area contributed by atoms with Gasteiger partial charge in [0.25, 0.3) is 0 Å². The highest BCUT2D eigenvalue weighted by molar-refractivity contribution is 7.99. The van der Waals surface area contributed by atoms with E-state index in [1.165, 1.54) is 11.8 Å². The zero-order chi connectivity index (χ0) is 11.1. The molecule has 15 heavy (non-hydrogen) atoms. The molecule has 0 saturated carbocycles. The van der Waals surface area contributed by atoms with Crippen LogP contribution < -0.4 is 0 Å². The van der Waals surface area contributed by atoms with Crippen molar-refractivity contribution >= 4 is 17.7 Å². The molecule has 1 aromatic rings. The summed E-state index contributed by atoms with van der Waals surface area (Å²) in [7, 11) is 1.66. The largest absolute Gasteiger partial charge is 0.481 e.